The highest BCUT2D eigenvalue weighted by Crippen LogP contribution is 2.34. The van der Waals surface area contributed by atoms with Crippen molar-refractivity contribution >= 4 is 32.7 Å². The molecule has 3 heteroatoms. The molecule has 0 saturated carbocycles. The quantitative estimate of drug-likeness (QED) is 0.197. The average molecular weight is 600 g/mol. The first-order chi connectivity index (χ1) is 23.3. The van der Waals surface area contributed by atoms with Crippen LogP contribution in [0.25, 0.3) is 83.3 Å². The summed E-state index contributed by atoms with van der Waals surface area (Å²) in [6.07, 6.45) is 0. The minimum Gasteiger partial charge on any atom is -0.309 e. The van der Waals surface area contributed by atoms with Gasteiger partial charge >= 0.3 is 0 Å². The largest absolute Gasteiger partial charge is 0.309 e. The zero-order valence-corrected chi connectivity index (χ0v) is 25.6. The van der Waals surface area contributed by atoms with Gasteiger partial charge in [0.2, 0.25) is 0 Å². The molecule has 9 rings (SSSR count). The molecule has 220 valence electrons. The molecule has 0 amide bonds. The molecule has 0 saturated heterocycles. The third kappa shape index (κ3) is 4.77. The summed E-state index contributed by atoms with van der Waals surface area (Å²) in [5.74, 6) is 0.725. The van der Waals surface area contributed by atoms with Crippen molar-refractivity contribution in [2.24, 2.45) is 0 Å². The molecule has 0 aliphatic heterocycles. The Morgan fingerprint density at radius 2 is 0.766 bits per heavy atom. The molecule has 0 spiro atoms. The second-order valence-electron chi connectivity index (χ2n) is 11.9. The summed E-state index contributed by atoms with van der Waals surface area (Å²) in [6, 6.07) is 62.0. The van der Waals surface area contributed by atoms with Crippen LogP contribution >= 0.6 is 0 Å². The van der Waals surface area contributed by atoms with E-state index in [9.17, 15) is 0 Å². The minimum absolute atomic E-state index is 0.725. The predicted molar refractivity (Wildman–Crippen MR) is 196 cm³/mol. The van der Waals surface area contributed by atoms with Gasteiger partial charge in [0.1, 0.15) is 0 Å². The lowest BCUT2D eigenvalue weighted by molar-refractivity contribution is 1.18. The molecule has 0 atom stereocenters. The SMILES string of the molecule is c1ccc(-c2ccc(-c3nc(-c4ccc(-c5ccc(-n6c7ccccc7c7ccccc76)cc5)cc4)c4ccccc4n3)cc2)cc1. The van der Waals surface area contributed by atoms with Crippen LogP contribution in [-0.4, -0.2) is 14.5 Å². The third-order valence-corrected chi connectivity index (χ3v) is 9.05. The number of aromatic nitrogens is 3. The lowest BCUT2D eigenvalue weighted by Gasteiger charge is -2.11. The van der Waals surface area contributed by atoms with Gasteiger partial charge in [-0.15, -0.1) is 0 Å². The first-order valence-electron chi connectivity index (χ1n) is 15.9. The normalized spacial score (nSPS) is 11.4. The highest BCUT2D eigenvalue weighted by atomic mass is 15.0. The maximum absolute atomic E-state index is 5.12. The number of fused-ring (bicyclic) bond motifs is 4. The Hall–Kier alpha value is -6.32. The van der Waals surface area contributed by atoms with Gasteiger partial charge in [-0.25, -0.2) is 9.97 Å². The number of rotatable bonds is 5. The van der Waals surface area contributed by atoms with Gasteiger partial charge < -0.3 is 4.57 Å². The van der Waals surface area contributed by atoms with E-state index in [1.807, 2.05) is 12.1 Å². The summed E-state index contributed by atoms with van der Waals surface area (Å²) >= 11 is 0. The summed E-state index contributed by atoms with van der Waals surface area (Å²) in [5.41, 5.74) is 12.2. The molecule has 2 aromatic heterocycles. The second kappa shape index (κ2) is 11.2. The van der Waals surface area contributed by atoms with E-state index in [0.717, 1.165) is 44.8 Å². The van der Waals surface area contributed by atoms with Crippen LogP contribution in [0.15, 0.2) is 176 Å². The van der Waals surface area contributed by atoms with Crippen molar-refractivity contribution in [1.29, 1.82) is 0 Å². The van der Waals surface area contributed by atoms with Gasteiger partial charge in [0.05, 0.1) is 22.2 Å². The van der Waals surface area contributed by atoms with Gasteiger partial charge in [-0.05, 0) is 52.6 Å². The van der Waals surface area contributed by atoms with Crippen molar-refractivity contribution < 1.29 is 0 Å². The lowest BCUT2D eigenvalue weighted by atomic mass is 10.00. The highest BCUT2D eigenvalue weighted by molar-refractivity contribution is 6.09. The fourth-order valence-corrected chi connectivity index (χ4v) is 6.69. The van der Waals surface area contributed by atoms with E-state index in [2.05, 4.69) is 168 Å². The van der Waals surface area contributed by atoms with Gasteiger partial charge in [-0.1, -0.05) is 146 Å². The molecule has 0 aliphatic carbocycles. The van der Waals surface area contributed by atoms with Crippen LogP contribution in [0.4, 0.5) is 0 Å². The Morgan fingerprint density at radius 3 is 1.38 bits per heavy atom. The molecule has 0 aliphatic rings. The summed E-state index contributed by atoms with van der Waals surface area (Å²) in [5, 5.41) is 3.58. The van der Waals surface area contributed by atoms with Crippen molar-refractivity contribution in [3.63, 3.8) is 0 Å². The minimum atomic E-state index is 0.725. The summed E-state index contributed by atoms with van der Waals surface area (Å²) in [4.78, 5) is 10.1. The number of nitrogens with zero attached hydrogens (tertiary/aromatic N) is 3. The first-order valence-corrected chi connectivity index (χ1v) is 15.9. The van der Waals surface area contributed by atoms with Crippen molar-refractivity contribution in [1.82, 2.24) is 14.5 Å². The molecule has 9 aromatic rings. The fourth-order valence-electron chi connectivity index (χ4n) is 6.69. The van der Waals surface area contributed by atoms with Crippen molar-refractivity contribution in [3.05, 3.63) is 176 Å². The topological polar surface area (TPSA) is 30.7 Å². The number of hydrogen-bond acceptors (Lipinski definition) is 2. The van der Waals surface area contributed by atoms with Crippen LogP contribution < -0.4 is 0 Å². The second-order valence-corrected chi connectivity index (χ2v) is 11.9. The Balaban J connectivity index is 1.05. The number of hydrogen-bond donors (Lipinski definition) is 0. The van der Waals surface area contributed by atoms with E-state index >= 15 is 0 Å². The van der Waals surface area contributed by atoms with Crippen molar-refractivity contribution in [2.75, 3.05) is 0 Å². The summed E-state index contributed by atoms with van der Waals surface area (Å²) < 4.78 is 2.35. The van der Waals surface area contributed by atoms with Gasteiger partial charge in [-0.2, -0.15) is 0 Å². The van der Waals surface area contributed by atoms with Crippen LogP contribution in [-0.2, 0) is 0 Å². The van der Waals surface area contributed by atoms with Crippen molar-refractivity contribution in [2.45, 2.75) is 0 Å². The molecule has 3 nitrogen and oxygen atoms in total. The third-order valence-electron chi connectivity index (χ3n) is 9.05. The molecular weight excluding hydrogens is 571 g/mol. The summed E-state index contributed by atoms with van der Waals surface area (Å²) in [6.45, 7) is 0. The van der Waals surface area contributed by atoms with E-state index < -0.39 is 0 Å². The molecule has 0 fully saturated rings. The van der Waals surface area contributed by atoms with Crippen LogP contribution in [0.5, 0.6) is 0 Å². The predicted octanol–water partition coefficient (Wildman–Crippen LogP) is 11.4. The standard InChI is InChI=1S/C44H29N3/c1-2-10-30(11-3-1)31-20-24-35(25-21-31)44-45-40-15-7-4-14-39(40)43(46-44)34-22-18-32(19-23-34)33-26-28-36(29-27-33)47-41-16-8-5-12-37(41)38-13-6-9-17-42(38)47/h1-29H. The molecule has 0 unspecified atom stereocenters. The van der Waals surface area contributed by atoms with Crippen LogP contribution in [0.2, 0.25) is 0 Å². The van der Waals surface area contributed by atoms with E-state index in [1.165, 1.54) is 38.5 Å². The molecule has 47 heavy (non-hydrogen) atoms. The van der Waals surface area contributed by atoms with Crippen LogP contribution in [0.1, 0.15) is 0 Å². The maximum atomic E-state index is 5.12. The Morgan fingerprint density at radius 1 is 0.319 bits per heavy atom. The zero-order chi connectivity index (χ0) is 31.2. The Labute approximate surface area is 273 Å². The van der Waals surface area contributed by atoms with E-state index in [-0.39, 0.29) is 0 Å². The molecule has 0 bridgehead atoms. The molecular formula is C44H29N3. The van der Waals surface area contributed by atoms with Crippen LogP contribution in [0, 0.1) is 0 Å². The monoisotopic (exact) mass is 599 g/mol. The van der Waals surface area contributed by atoms with E-state index in [0.29, 0.717) is 0 Å². The van der Waals surface area contributed by atoms with Gasteiger partial charge in [0.25, 0.3) is 0 Å². The lowest BCUT2D eigenvalue weighted by Crippen LogP contribution is -1.95. The molecule has 0 N–H and O–H groups in total. The van der Waals surface area contributed by atoms with Gasteiger partial charge in [0.15, 0.2) is 5.82 Å². The average Bonchev–Trinajstić information content (AvgIpc) is 3.49. The molecule has 0 radical (unpaired) electrons. The Kier molecular flexibility index (Phi) is 6.46. The van der Waals surface area contributed by atoms with E-state index in [1.54, 1.807) is 0 Å². The first kappa shape index (κ1) is 27.0. The molecule has 2 heterocycles. The summed E-state index contributed by atoms with van der Waals surface area (Å²) in [7, 11) is 0. The fraction of sp³-hybridized carbons (Fsp3) is 0. The highest BCUT2D eigenvalue weighted by Gasteiger charge is 2.14. The van der Waals surface area contributed by atoms with Crippen molar-refractivity contribution in [3.8, 4) is 50.6 Å². The van der Waals surface area contributed by atoms with Gasteiger partial charge in [0, 0.05) is 33.0 Å². The zero-order valence-electron chi connectivity index (χ0n) is 25.6. The smallest absolute Gasteiger partial charge is 0.160 e. The number of benzene rings is 7. The maximum Gasteiger partial charge on any atom is 0.160 e. The van der Waals surface area contributed by atoms with Gasteiger partial charge in [-0.3, -0.25) is 0 Å². The Bertz CT molecular complexity index is 2470. The number of para-hydroxylation sites is 3. The van der Waals surface area contributed by atoms with Crippen LogP contribution in [0.3, 0.4) is 0 Å². The molecule has 7 aromatic carbocycles. The van der Waals surface area contributed by atoms with E-state index in [4.69, 9.17) is 9.97 Å².